The van der Waals surface area contributed by atoms with Gasteiger partial charge in [-0.1, -0.05) is 0 Å². The Morgan fingerprint density at radius 1 is 0.381 bits per heavy atom. The molecule has 0 aliphatic heterocycles. The zero-order valence-electron chi connectivity index (χ0n) is 32.1. The maximum Gasteiger partial charge on any atom is 2.00 e. The molecule has 0 aliphatic rings. The summed E-state index contributed by atoms with van der Waals surface area (Å²) in [6, 6.07) is 14.4. The summed E-state index contributed by atoms with van der Waals surface area (Å²) in [7, 11) is -12.0. The molecule has 63 heavy (non-hydrogen) atoms. The van der Waals surface area contributed by atoms with Crippen LogP contribution in [0.3, 0.4) is 0 Å². The van der Waals surface area contributed by atoms with E-state index < -0.39 is 26.8 Å². The van der Waals surface area contributed by atoms with Crippen molar-refractivity contribution in [1.29, 1.82) is 0 Å². The van der Waals surface area contributed by atoms with Crippen LogP contribution in [0.15, 0.2) is 148 Å². The van der Waals surface area contributed by atoms with E-state index >= 15 is 0 Å². The minimum Gasteiger partial charge on any atom is -0.418 e. The van der Waals surface area contributed by atoms with E-state index in [1.54, 1.807) is 136 Å². The van der Waals surface area contributed by atoms with Crippen LogP contribution in [-0.2, 0) is 26.7 Å². The maximum atomic E-state index is 12.9. The average Bonchev–Trinajstić information content (AvgIpc) is 4.05. The van der Waals surface area contributed by atoms with Crippen molar-refractivity contribution in [3.8, 4) is 0 Å². The Morgan fingerprint density at radius 2 is 0.556 bits per heavy atom. The van der Waals surface area contributed by atoms with E-state index in [0.29, 0.717) is 13.1 Å². The Morgan fingerprint density at radius 3 is 0.714 bits per heavy atom. The van der Waals surface area contributed by atoms with Crippen molar-refractivity contribution < 1.29 is 61.2 Å². The number of hydrogen-bond acceptors (Lipinski definition) is 10. The molecule has 0 unspecified atom stereocenters. The molecule has 8 aromatic rings. The number of carbonyl (C=O) groups is 2. The van der Waals surface area contributed by atoms with Crippen LogP contribution in [0.25, 0.3) is 0 Å². The molecule has 8 heterocycles. The van der Waals surface area contributed by atoms with Crippen LogP contribution in [-0.4, -0.2) is 118 Å². The first-order chi connectivity index (χ1) is 29.7. The minimum absolute atomic E-state index is 0. The third-order valence-corrected chi connectivity index (χ3v) is 7.81. The second-order valence-corrected chi connectivity index (χ2v) is 12.1. The van der Waals surface area contributed by atoms with Crippen LogP contribution in [0.4, 0.5) is 34.5 Å². The average molecular weight is 932 g/mol. The van der Waals surface area contributed by atoms with E-state index in [2.05, 4.69) is 51.4 Å². The molecular formula is C32H34B2F8FeN18O2. The van der Waals surface area contributed by atoms with Gasteiger partial charge < -0.3 is 45.2 Å². The van der Waals surface area contributed by atoms with Crippen LogP contribution in [0.1, 0.15) is 24.7 Å². The van der Waals surface area contributed by atoms with Crippen molar-refractivity contribution >= 4 is 26.3 Å². The summed E-state index contributed by atoms with van der Waals surface area (Å²) in [5.74, 6) is -0.469. The molecule has 0 saturated carbocycles. The van der Waals surface area contributed by atoms with Gasteiger partial charge in [0.1, 0.15) is 0 Å². The fraction of sp³-hybridized carbons (Fsp3) is 0.188. The molecule has 0 saturated heterocycles. The van der Waals surface area contributed by atoms with Crippen molar-refractivity contribution in [1.82, 2.24) is 88.9 Å². The molecule has 2 amide bonds. The SMILES string of the molecule is F[B-](F)(F)F.F[B-](F)(F)F.O=C(NCC(n1cccn1)n1cccn1)C(n1cccn1)n1cccn1.O=C(NCC(n1cccn1)n1cccn1)C(n1cccn1)n1cccn1.[Fe+2]. The first-order valence-electron chi connectivity index (χ1n) is 17.9. The first-order valence-corrected chi connectivity index (χ1v) is 17.9. The molecule has 0 fully saturated rings. The molecule has 31 heteroatoms. The van der Waals surface area contributed by atoms with Gasteiger partial charge in [0.25, 0.3) is 11.8 Å². The Labute approximate surface area is 361 Å². The molecule has 0 radical (unpaired) electrons. The zero-order valence-corrected chi connectivity index (χ0v) is 33.2. The van der Waals surface area contributed by atoms with Gasteiger partial charge in [-0.05, 0) is 48.5 Å². The molecule has 0 spiro atoms. The van der Waals surface area contributed by atoms with Gasteiger partial charge in [-0.15, -0.1) is 0 Å². The number of rotatable bonds is 14. The Balaban J connectivity index is 0.000000225. The summed E-state index contributed by atoms with van der Waals surface area (Å²) in [6.45, 7) is 0.614. The Kier molecular flexibility index (Phi) is 17.7. The van der Waals surface area contributed by atoms with Gasteiger partial charge in [0, 0.05) is 99.1 Å². The van der Waals surface area contributed by atoms with Crippen LogP contribution in [0, 0.1) is 0 Å². The quantitative estimate of drug-likeness (QED) is 0.120. The first kappa shape index (κ1) is 48.4. The van der Waals surface area contributed by atoms with Gasteiger partial charge in [-0.2, -0.15) is 40.8 Å². The van der Waals surface area contributed by atoms with Gasteiger partial charge in [0.15, 0.2) is 12.3 Å². The monoisotopic (exact) mass is 932 g/mol. The summed E-state index contributed by atoms with van der Waals surface area (Å²) < 4.78 is 91.2. The predicted octanol–water partition coefficient (Wildman–Crippen LogP) is 3.36. The molecule has 2 N–H and O–H groups in total. The summed E-state index contributed by atoms with van der Waals surface area (Å²) in [4.78, 5) is 25.8. The van der Waals surface area contributed by atoms with Crippen molar-refractivity contribution in [2.24, 2.45) is 0 Å². The van der Waals surface area contributed by atoms with Crippen molar-refractivity contribution in [3.63, 3.8) is 0 Å². The maximum absolute atomic E-state index is 12.9. The van der Waals surface area contributed by atoms with E-state index in [1.807, 2.05) is 49.1 Å². The van der Waals surface area contributed by atoms with Gasteiger partial charge in [0.2, 0.25) is 12.3 Å². The van der Waals surface area contributed by atoms with Gasteiger partial charge in [-0.3, -0.25) is 9.59 Å². The fourth-order valence-electron chi connectivity index (χ4n) is 5.43. The largest absolute Gasteiger partial charge is 2.00 e. The minimum atomic E-state index is -6.00. The number of carbonyl (C=O) groups excluding carboxylic acids is 2. The van der Waals surface area contributed by atoms with Gasteiger partial charge >= 0.3 is 31.6 Å². The normalized spacial score (nSPS) is 11.2. The molecule has 0 atom stereocenters. The summed E-state index contributed by atoms with van der Waals surface area (Å²) in [5, 5.41) is 39.7. The van der Waals surface area contributed by atoms with Crippen molar-refractivity contribution in [3.05, 3.63) is 148 Å². The number of halogens is 8. The van der Waals surface area contributed by atoms with Crippen molar-refractivity contribution in [2.75, 3.05) is 13.1 Å². The number of aromatic nitrogens is 16. The molecular weight excluding hydrogens is 898 g/mol. The van der Waals surface area contributed by atoms with Crippen LogP contribution < -0.4 is 10.6 Å². The van der Waals surface area contributed by atoms with E-state index in [-0.39, 0.29) is 41.2 Å². The number of amides is 2. The molecule has 0 aromatic carbocycles. The number of nitrogens with one attached hydrogen (secondary N) is 2. The summed E-state index contributed by atoms with van der Waals surface area (Å²) in [5.41, 5.74) is 0. The molecule has 0 bridgehead atoms. The van der Waals surface area contributed by atoms with Crippen molar-refractivity contribution in [2.45, 2.75) is 24.7 Å². The van der Waals surface area contributed by atoms with Crippen LogP contribution in [0.5, 0.6) is 0 Å². The summed E-state index contributed by atoms with van der Waals surface area (Å²) >= 11 is 0. The van der Waals surface area contributed by atoms with E-state index in [1.165, 1.54) is 0 Å². The Hall–Kier alpha value is -7.29. The van der Waals surface area contributed by atoms with E-state index in [4.69, 9.17) is 0 Å². The zero-order chi connectivity index (χ0) is 44.5. The molecule has 8 rings (SSSR count). The number of hydrogen-bond donors (Lipinski definition) is 2. The second kappa shape index (κ2) is 23.1. The fourth-order valence-corrected chi connectivity index (χ4v) is 5.43. The van der Waals surface area contributed by atoms with E-state index in [0.717, 1.165) is 0 Å². The molecule has 20 nitrogen and oxygen atoms in total. The van der Waals surface area contributed by atoms with E-state index in [9.17, 15) is 44.1 Å². The number of nitrogens with zero attached hydrogens (tertiary/aromatic N) is 16. The third kappa shape index (κ3) is 15.6. The summed E-state index contributed by atoms with van der Waals surface area (Å²) in [6.07, 6.45) is 25.5. The van der Waals surface area contributed by atoms with Gasteiger partial charge in [-0.25, -0.2) is 37.5 Å². The standard InChI is InChI=1S/2C16H17N9O.2BF4.Fe/c2*26-15(16(24-11-3-7-20-24)25-12-4-8-21-25)17-13-14(22-9-1-5-18-22)23-10-2-6-19-23;2*2-1(3,4)5;/h2*1-12,14,16H,13H2,(H,17,26);;;/q;;2*-1;+2. The van der Waals surface area contributed by atoms with Crippen LogP contribution >= 0.6 is 0 Å². The smallest absolute Gasteiger partial charge is 0.418 e. The van der Waals surface area contributed by atoms with Gasteiger partial charge in [0.05, 0.1) is 13.1 Å². The van der Waals surface area contributed by atoms with Crippen LogP contribution in [0.2, 0.25) is 0 Å². The molecule has 8 aromatic heterocycles. The predicted molar refractivity (Wildman–Crippen MR) is 202 cm³/mol. The molecule has 334 valence electrons. The topological polar surface area (TPSA) is 201 Å². The Bertz CT molecular complexity index is 2060. The molecule has 0 aliphatic carbocycles. The third-order valence-electron chi connectivity index (χ3n) is 7.81. The second-order valence-electron chi connectivity index (χ2n) is 12.1.